The Bertz CT molecular complexity index is 90.4. The van der Waals surface area contributed by atoms with Crippen LogP contribution in [0.4, 0.5) is 0 Å². The number of rotatable bonds is 1. The van der Waals surface area contributed by atoms with Crippen LogP contribution in [0.3, 0.4) is 0 Å². The first-order chi connectivity index (χ1) is 3.66. The fourth-order valence-corrected chi connectivity index (χ4v) is 1.26. The quantitative estimate of drug-likeness (QED) is 0.475. The van der Waals surface area contributed by atoms with Crippen molar-refractivity contribution < 1.29 is 5.11 Å². The van der Waals surface area contributed by atoms with Crippen LogP contribution < -0.4 is 0 Å². The zero-order valence-corrected chi connectivity index (χ0v) is 5.86. The Labute approximate surface area is 54.9 Å². The van der Waals surface area contributed by atoms with Gasteiger partial charge in [0.05, 0.1) is 5.60 Å². The second-order valence-electron chi connectivity index (χ2n) is 2.55. The molecule has 0 amide bonds. The van der Waals surface area contributed by atoms with Crippen molar-refractivity contribution in [2.45, 2.75) is 5.60 Å². The van der Waals surface area contributed by atoms with Crippen LogP contribution in [0.1, 0.15) is 0 Å². The Kier molecular flexibility index (Phi) is 1.52. The fraction of sp³-hybridized carbons (Fsp3) is 1.00. The number of nitrogens with zero attached hydrogens (tertiary/aromatic N) is 1. The van der Waals surface area contributed by atoms with E-state index in [0.29, 0.717) is 5.75 Å². The highest BCUT2D eigenvalue weighted by atomic mass is 32.1. The van der Waals surface area contributed by atoms with E-state index in [1.807, 2.05) is 7.05 Å². The summed E-state index contributed by atoms with van der Waals surface area (Å²) in [5, 5.41) is 9.27. The molecule has 1 aliphatic heterocycles. The molecule has 0 unspecified atom stereocenters. The molecular formula is C5H11NOS. The molecule has 0 aromatic rings. The van der Waals surface area contributed by atoms with Crippen molar-refractivity contribution in [2.75, 3.05) is 25.9 Å². The summed E-state index contributed by atoms with van der Waals surface area (Å²) in [5.74, 6) is 0.581. The second kappa shape index (κ2) is 1.90. The molecule has 1 aliphatic rings. The van der Waals surface area contributed by atoms with Crippen molar-refractivity contribution in [2.24, 2.45) is 0 Å². The van der Waals surface area contributed by atoms with Crippen LogP contribution >= 0.6 is 12.6 Å². The smallest absolute Gasteiger partial charge is 0.0987 e. The van der Waals surface area contributed by atoms with E-state index in [0.717, 1.165) is 13.1 Å². The van der Waals surface area contributed by atoms with Crippen molar-refractivity contribution in [1.82, 2.24) is 4.90 Å². The van der Waals surface area contributed by atoms with Crippen LogP contribution in [0.25, 0.3) is 0 Å². The molecule has 0 aromatic carbocycles. The highest BCUT2D eigenvalue weighted by Gasteiger charge is 2.37. The number of β-amino-alcohol motifs (C(OH)–C–C–N with tert-alkyl or cyclic N) is 1. The monoisotopic (exact) mass is 133 g/mol. The van der Waals surface area contributed by atoms with Gasteiger partial charge in [-0.15, -0.1) is 0 Å². The molecule has 0 atom stereocenters. The van der Waals surface area contributed by atoms with Gasteiger partial charge in [-0.25, -0.2) is 0 Å². The molecule has 0 aromatic heterocycles. The average molecular weight is 133 g/mol. The first kappa shape index (κ1) is 6.39. The van der Waals surface area contributed by atoms with Crippen LogP contribution in [0.15, 0.2) is 0 Å². The fourth-order valence-electron chi connectivity index (χ4n) is 1.06. The number of aliphatic hydroxyl groups is 1. The van der Waals surface area contributed by atoms with Gasteiger partial charge in [0, 0.05) is 18.8 Å². The molecule has 0 bridgehead atoms. The number of hydrogen-bond acceptors (Lipinski definition) is 3. The van der Waals surface area contributed by atoms with E-state index >= 15 is 0 Å². The highest BCUT2D eigenvalue weighted by Crippen LogP contribution is 2.19. The minimum absolute atomic E-state index is 0.474. The lowest BCUT2D eigenvalue weighted by Crippen LogP contribution is -2.61. The van der Waals surface area contributed by atoms with Crippen LogP contribution in [-0.2, 0) is 0 Å². The average Bonchev–Trinajstić information content (AvgIpc) is 1.63. The molecule has 1 fully saturated rings. The SMILES string of the molecule is CN1CC(O)(CS)C1. The Morgan fingerprint density at radius 2 is 2.25 bits per heavy atom. The third-order valence-corrected chi connectivity index (χ3v) is 2.01. The van der Waals surface area contributed by atoms with Crippen molar-refractivity contribution >= 4 is 12.6 Å². The molecule has 0 spiro atoms. The van der Waals surface area contributed by atoms with Crippen LogP contribution in [0.2, 0.25) is 0 Å². The van der Waals surface area contributed by atoms with Crippen molar-refractivity contribution in [3.05, 3.63) is 0 Å². The van der Waals surface area contributed by atoms with E-state index < -0.39 is 5.60 Å². The van der Waals surface area contributed by atoms with E-state index in [2.05, 4.69) is 17.5 Å². The predicted molar refractivity (Wildman–Crippen MR) is 36.3 cm³/mol. The van der Waals surface area contributed by atoms with Crippen molar-refractivity contribution in [3.8, 4) is 0 Å². The summed E-state index contributed by atoms with van der Waals surface area (Å²) >= 11 is 4.00. The van der Waals surface area contributed by atoms with Crippen LogP contribution in [-0.4, -0.2) is 41.5 Å². The normalized spacial score (nSPS) is 27.4. The van der Waals surface area contributed by atoms with E-state index in [1.165, 1.54) is 0 Å². The van der Waals surface area contributed by atoms with Gasteiger partial charge >= 0.3 is 0 Å². The van der Waals surface area contributed by atoms with Gasteiger partial charge in [0.25, 0.3) is 0 Å². The number of likely N-dealkylation sites (N-methyl/N-ethyl adjacent to an activating group) is 1. The molecule has 8 heavy (non-hydrogen) atoms. The van der Waals surface area contributed by atoms with E-state index in [4.69, 9.17) is 0 Å². The molecule has 0 saturated carbocycles. The zero-order valence-electron chi connectivity index (χ0n) is 4.96. The standard InChI is InChI=1S/C5H11NOS/c1-6-2-5(7,3-6)4-8/h7-8H,2-4H2,1H3. The highest BCUT2D eigenvalue weighted by molar-refractivity contribution is 7.80. The molecule has 0 radical (unpaired) electrons. The van der Waals surface area contributed by atoms with Gasteiger partial charge in [0.1, 0.15) is 0 Å². The van der Waals surface area contributed by atoms with Gasteiger partial charge in [-0.2, -0.15) is 12.6 Å². The molecule has 1 rings (SSSR count). The van der Waals surface area contributed by atoms with Gasteiger partial charge in [-0.3, -0.25) is 0 Å². The largest absolute Gasteiger partial charge is 0.386 e. The van der Waals surface area contributed by atoms with Crippen LogP contribution in [0, 0.1) is 0 Å². The number of thiol groups is 1. The summed E-state index contributed by atoms with van der Waals surface area (Å²) in [6.45, 7) is 1.55. The van der Waals surface area contributed by atoms with Gasteiger partial charge in [0.15, 0.2) is 0 Å². The maximum absolute atomic E-state index is 9.27. The molecule has 1 N–H and O–H groups in total. The molecule has 1 saturated heterocycles. The van der Waals surface area contributed by atoms with Crippen molar-refractivity contribution in [3.63, 3.8) is 0 Å². The summed E-state index contributed by atoms with van der Waals surface area (Å²) in [5.41, 5.74) is -0.474. The van der Waals surface area contributed by atoms with Gasteiger partial charge in [-0.05, 0) is 7.05 Å². The van der Waals surface area contributed by atoms with Gasteiger partial charge < -0.3 is 10.0 Å². The first-order valence-corrected chi connectivity index (χ1v) is 3.31. The van der Waals surface area contributed by atoms with E-state index in [1.54, 1.807) is 0 Å². The molecule has 3 heteroatoms. The minimum atomic E-state index is -0.474. The predicted octanol–water partition coefficient (Wildman–Crippen LogP) is -0.407. The van der Waals surface area contributed by atoms with Crippen LogP contribution in [0.5, 0.6) is 0 Å². The van der Waals surface area contributed by atoms with Crippen molar-refractivity contribution in [1.29, 1.82) is 0 Å². The first-order valence-electron chi connectivity index (χ1n) is 2.68. The summed E-state index contributed by atoms with van der Waals surface area (Å²) in [6, 6.07) is 0. The number of hydrogen-bond donors (Lipinski definition) is 2. The second-order valence-corrected chi connectivity index (χ2v) is 2.87. The topological polar surface area (TPSA) is 23.5 Å². The molecule has 48 valence electrons. The minimum Gasteiger partial charge on any atom is -0.386 e. The summed E-state index contributed by atoms with van der Waals surface area (Å²) < 4.78 is 0. The zero-order chi connectivity index (χ0) is 6.20. The maximum atomic E-state index is 9.27. The lowest BCUT2D eigenvalue weighted by atomic mass is 9.98. The lowest BCUT2D eigenvalue weighted by Gasteiger charge is -2.43. The van der Waals surface area contributed by atoms with E-state index in [9.17, 15) is 5.11 Å². The van der Waals surface area contributed by atoms with Gasteiger partial charge in [-0.1, -0.05) is 0 Å². The Morgan fingerprint density at radius 1 is 1.75 bits per heavy atom. The summed E-state index contributed by atoms with van der Waals surface area (Å²) in [6.07, 6.45) is 0. The van der Waals surface area contributed by atoms with E-state index in [-0.39, 0.29) is 0 Å². The summed E-state index contributed by atoms with van der Waals surface area (Å²) in [7, 11) is 1.98. The Morgan fingerprint density at radius 3 is 2.38 bits per heavy atom. The molecule has 1 heterocycles. The molecule has 0 aliphatic carbocycles. The van der Waals surface area contributed by atoms with Gasteiger partial charge in [0.2, 0.25) is 0 Å². The lowest BCUT2D eigenvalue weighted by molar-refractivity contribution is -0.0663. The number of likely N-dealkylation sites (tertiary alicyclic amines) is 1. The molecular weight excluding hydrogens is 122 g/mol. The third kappa shape index (κ3) is 0.989. The third-order valence-electron chi connectivity index (χ3n) is 1.42. The maximum Gasteiger partial charge on any atom is 0.0987 e. The summed E-state index contributed by atoms with van der Waals surface area (Å²) in [4.78, 5) is 2.07. The Balaban J connectivity index is 2.30. The molecule has 2 nitrogen and oxygen atoms in total. The Hall–Kier alpha value is 0.270.